The van der Waals surface area contributed by atoms with Gasteiger partial charge in [0.2, 0.25) is 0 Å². The molecule has 0 aromatic heterocycles. The zero-order valence-corrected chi connectivity index (χ0v) is 33.4. The van der Waals surface area contributed by atoms with Gasteiger partial charge in [-0.2, -0.15) is 0 Å². The highest BCUT2D eigenvalue weighted by Gasteiger charge is 2.20. The number of hydrogen-bond donors (Lipinski definition) is 0. The van der Waals surface area contributed by atoms with E-state index in [1.807, 2.05) is 25.2 Å². The molecule has 0 aliphatic rings. The second-order valence-electron chi connectivity index (χ2n) is 14.2. The largest absolute Gasteiger partial charge is 0.310 e. The van der Waals surface area contributed by atoms with Crippen molar-refractivity contribution in [2.24, 2.45) is 0 Å². The minimum Gasteiger partial charge on any atom is -0.310 e. The van der Waals surface area contributed by atoms with Crippen molar-refractivity contribution in [2.45, 2.75) is 19.8 Å². The van der Waals surface area contributed by atoms with Crippen molar-refractivity contribution < 1.29 is 0 Å². The molecule has 58 heavy (non-hydrogen) atoms. The Labute approximate surface area is 345 Å². The Hall–Kier alpha value is -7.22. The van der Waals surface area contributed by atoms with E-state index < -0.39 is 0 Å². The van der Waals surface area contributed by atoms with Gasteiger partial charge in [-0.05, 0) is 106 Å². The lowest BCUT2D eigenvalue weighted by atomic mass is 9.90. The lowest BCUT2D eigenvalue weighted by Gasteiger charge is -2.30. The van der Waals surface area contributed by atoms with E-state index in [2.05, 4.69) is 237 Å². The van der Waals surface area contributed by atoms with Gasteiger partial charge in [-0.15, -0.1) is 0 Å². The predicted molar refractivity (Wildman–Crippen MR) is 252 cm³/mol. The van der Waals surface area contributed by atoms with Crippen LogP contribution in [0.25, 0.3) is 44.5 Å². The molecule has 0 fully saturated rings. The van der Waals surface area contributed by atoms with Crippen LogP contribution in [0.4, 0.5) is 11.4 Å². The summed E-state index contributed by atoms with van der Waals surface area (Å²) in [6, 6.07) is 66.9. The SMILES string of the molecule is C=C/C(=C/C(/C=C(\C)c1ccccc1)c1ccccc1)N(c1cccc(-c2ccc(/C(C=C)=C/C=C\C)c(-c3ccccc3)c2)c1)c1ccccc1-c1ccccc1. The molecule has 0 amide bonds. The van der Waals surface area contributed by atoms with E-state index in [0.717, 1.165) is 61.6 Å². The molecule has 282 valence electrons. The second kappa shape index (κ2) is 19.1. The number of rotatable bonds is 14. The first kappa shape index (κ1) is 39.0. The Balaban J connectivity index is 1.42. The molecule has 0 aliphatic heterocycles. The summed E-state index contributed by atoms with van der Waals surface area (Å²) in [5.41, 5.74) is 15.8. The van der Waals surface area contributed by atoms with Crippen molar-refractivity contribution in [3.63, 3.8) is 0 Å². The molecule has 7 aromatic rings. The maximum Gasteiger partial charge on any atom is 0.0539 e. The number of para-hydroxylation sites is 1. The first-order chi connectivity index (χ1) is 28.6. The van der Waals surface area contributed by atoms with Gasteiger partial charge in [0.25, 0.3) is 0 Å². The van der Waals surface area contributed by atoms with E-state index in [1.54, 1.807) is 0 Å². The molecular formula is C57H49N. The number of allylic oxidation sites excluding steroid dienone is 9. The average molecular weight is 748 g/mol. The van der Waals surface area contributed by atoms with Gasteiger partial charge in [0, 0.05) is 22.9 Å². The minimum absolute atomic E-state index is 0.0281. The summed E-state index contributed by atoms with van der Waals surface area (Å²) in [6.07, 6.45) is 14.9. The van der Waals surface area contributed by atoms with Gasteiger partial charge in [-0.3, -0.25) is 0 Å². The highest BCUT2D eigenvalue weighted by molar-refractivity contribution is 5.90. The van der Waals surface area contributed by atoms with Crippen LogP contribution in [0.15, 0.2) is 249 Å². The quantitative estimate of drug-likeness (QED) is 0.100. The van der Waals surface area contributed by atoms with E-state index in [0.29, 0.717) is 0 Å². The van der Waals surface area contributed by atoms with Crippen molar-refractivity contribution >= 4 is 22.5 Å². The fourth-order valence-corrected chi connectivity index (χ4v) is 7.48. The van der Waals surface area contributed by atoms with E-state index in [4.69, 9.17) is 0 Å². The molecule has 0 saturated carbocycles. The predicted octanol–water partition coefficient (Wildman–Crippen LogP) is 15.9. The summed E-state index contributed by atoms with van der Waals surface area (Å²) in [7, 11) is 0. The van der Waals surface area contributed by atoms with E-state index in [-0.39, 0.29) is 5.92 Å². The van der Waals surface area contributed by atoms with Crippen LogP contribution in [0.2, 0.25) is 0 Å². The first-order valence-electron chi connectivity index (χ1n) is 19.9. The van der Waals surface area contributed by atoms with E-state index in [9.17, 15) is 0 Å². The Morgan fingerprint density at radius 2 is 1.12 bits per heavy atom. The fourth-order valence-electron chi connectivity index (χ4n) is 7.48. The summed E-state index contributed by atoms with van der Waals surface area (Å²) in [4.78, 5) is 2.36. The Morgan fingerprint density at radius 3 is 1.78 bits per heavy atom. The maximum absolute atomic E-state index is 4.45. The summed E-state index contributed by atoms with van der Waals surface area (Å²) in [6.45, 7) is 12.8. The van der Waals surface area contributed by atoms with E-state index >= 15 is 0 Å². The van der Waals surface area contributed by atoms with Crippen molar-refractivity contribution in [2.75, 3.05) is 4.90 Å². The van der Waals surface area contributed by atoms with Crippen molar-refractivity contribution in [3.05, 3.63) is 266 Å². The Bertz CT molecular complexity index is 2590. The number of nitrogens with zero attached hydrogens (tertiary/aromatic N) is 1. The van der Waals surface area contributed by atoms with Gasteiger partial charge >= 0.3 is 0 Å². The molecule has 0 radical (unpaired) electrons. The molecule has 1 unspecified atom stereocenters. The average Bonchev–Trinajstić information content (AvgIpc) is 3.30. The molecule has 0 aliphatic carbocycles. The number of anilines is 2. The van der Waals surface area contributed by atoms with Crippen LogP contribution in [0.1, 0.15) is 36.5 Å². The summed E-state index contributed by atoms with van der Waals surface area (Å²) in [5.74, 6) is -0.0281. The molecule has 0 heterocycles. The monoisotopic (exact) mass is 747 g/mol. The Morgan fingerprint density at radius 1 is 0.534 bits per heavy atom. The van der Waals surface area contributed by atoms with Crippen LogP contribution < -0.4 is 4.90 Å². The van der Waals surface area contributed by atoms with Gasteiger partial charge in [-0.1, -0.05) is 207 Å². The third-order valence-corrected chi connectivity index (χ3v) is 10.4. The molecular weight excluding hydrogens is 699 g/mol. The first-order valence-corrected chi connectivity index (χ1v) is 19.9. The molecule has 7 aromatic carbocycles. The number of hydrogen-bond acceptors (Lipinski definition) is 1. The standard InChI is InChI=1S/C57H49N/c1-5-8-24-44(6-2)54-38-37-50(42-56(54)48-31-19-12-20-32-48)49-33-23-34-53(40-49)58(57-36-22-21-35-55(57)47-29-17-11-18-30-47)52(7-3)41-51(46-27-15-10-16-28-46)39-43(4)45-25-13-9-14-26-45/h5-42,51H,2-3H2,1,4H3/b8-5-,43-39+,44-24+,52-41-. The fraction of sp³-hybridized carbons (Fsp3) is 0.0526. The number of benzene rings is 7. The summed E-state index contributed by atoms with van der Waals surface area (Å²) >= 11 is 0. The van der Waals surface area contributed by atoms with Crippen molar-refractivity contribution in [1.82, 2.24) is 0 Å². The zero-order valence-electron chi connectivity index (χ0n) is 33.4. The highest BCUT2D eigenvalue weighted by Crippen LogP contribution is 2.41. The van der Waals surface area contributed by atoms with Crippen LogP contribution in [-0.4, -0.2) is 0 Å². The lowest BCUT2D eigenvalue weighted by Crippen LogP contribution is -2.17. The smallest absolute Gasteiger partial charge is 0.0539 e. The highest BCUT2D eigenvalue weighted by atomic mass is 15.1. The molecule has 0 spiro atoms. The van der Waals surface area contributed by atoms with Crippen LogP contribution >= 0.6 is 0 Å². The topological polar surface area (TPSA) is 3.24 Å². The molecule has 0 bridgehead atoms. The van der Waals surface area contributed by atoms with Crippen LogP contribution in [0, 0.1) is 0 Å². The molecule has 7 rings (SSSR count). The van der Waals surface area contributed by atoms with Gasteiger partial charge in [0.1, 0.15) is 0 Å². The lowest BCUT2D eigenvalue weighted by molar-refractivity contribution is 1.05. The molecule has 1 nitrogen and oxygen atoms in total. The molecule has 0 N–H and O–H groups in total. The second-order valence-corrected chi connectivity index (χ2v) is 14.2. The van der Waals surface area contributed by atoms with Gasteiger partial charge < -0.3 is 4.90 Å². The van der Waals surface area contributed by atoms with Gasteiger partial charge in [0.15, 0.2) is 0 Å². The van der Waals surface area contributed by atoms with Crippen LogP contribution in [0.3, 0.4) is 0 Å². The van der Waals surface area contributed by atoms with Crippen molar-refractivity contribution in [3.8, 4) is 33.4 Å². The summed E-state index contributed by atoms with van der Waals surface area (Å²) < 4.78 is 0. The van der Waals surface area contributed by atoms with Crippen LogP contribution in [-0.2, 0) is 0 Å². The maximum atomic E-state index is 4.45. The molecule has 1 heteroatoms. The Kier molecular flexibility index (Phi) is 12.8. The molecule has 1 atom stereocenters. The van der Waals surface area contributed by atoms with Gasteiger partial charge in [-0.25, -0.2) is 0 Å². The minimum atomic E-state index is -0.0281. The van der Waals surface area contributed by atoms with Crippen LogP contribution in [0.5, 0.6) is 0 Å². The zero-order chi connectivity index (χ0) is 40.1. The molecule has 0 saturated heterocycles. The third-order valence-electron chi connectivity index (χ3n) is 10.4. The van der Waals surface area contributed by atoms with Crippen molar-refractivity contribution in [1.29, 1.82) is 0 Å². The normalized spacial score (nSPS) is 12.6. The van der Waals surface area contributed by atoms with Gasteiger partial charge in [0.05, 0.1) is 5.69 Å². The summed E-state index contributed by atoms with van der Waals surface area (Å²) in [5, 5.41) is 0. The third kappa shape index (κ3) is 9.07. The van der Waals surface area contributed by atoms with E-state index in [1.165, 1.54) is 16.7 Å².